The highest BCUT2D eigenvalue weighted by atomic mass is 31.2. The minimum absolute atomic E-state index is 0. The van der Waals surface area contributed by atoms with Crippen molar-refractivity contribution in [2.75, 3.05) is 6.61 Å². The number of aliphatic hydroxyl groups is 3. The summed E-state index contributed by atoms with van der Waals surface area (Å²) in [6.45, 7) is -0.907. The van der Waals surface area contributed by atoms with E-state index in [4.69, 9.17) is 24.3 Å². The average Bonchev–Trinajstić information content (AvgIpc) is 2.25. The fourth-order valence-electron chi connectivity index (χ4n) is 1.45. The number of rotatable bonds is 5. The average molecular weight is 374 g/mol. The van der Waals surface area contributed by atoms with Gasteiger partial charge in [0.05, 0.1) is 6.61 Å². The van der Waals surface area contributed by atoms with Crippen molar-refractivity contribution < 1.29 is 57.8 Å². The van der Waals surface area contributed by atoms with E-state index >= 15 is 0 Å². The van der Waals surface area contributed by atoms with Crippen molar-refractivity contribution in [1.82, 2.24) is 12.3 Å². The van der Waals surface area contributed by atoms with E-state index in [-0.39, 0.29) is 12.3 Å². The highest BCUT2D eigenvalue weighted by molar-refractivity contribution is 7.46. The van der Waals surface area contributed by atoms with Crippen LogP contribution in [0.4, 0.5) is 0 Å². The Kier molecular flexibility index (Phi) is 9.61. The number of ether oxygens (including phenoxy) is 1. The molecule has 5 atom stereocenters. The van der Waals surface area contributed by atoms with E-state index in [0.717, 1.165) is 0 Å². The van der Waals surface area contributed by atoms with Crippen molar-refractivity contribution in [3.8, 4) is 0 Å². The molecular formula is C6H20N2O12P2. The minimum Gasteiger partial charge on any atom is -0.387 e. The zero-order chi connectivity index (χ0) is 15.7. The van der Waals surface area contributed by atoms with Gasteiger partial charge in [0.2, 0.25) is 0 Å². The number of phosphoric acid groups is 2. The van der Waals surface area contributed by atoms with Gasteiger partial charge in [-0.1, -0.05) is 0 Å². The maximum absolute atomic E-state index is 10.6. The smallest absolute Gasteiger partial charge is 0.387 e. The molecule has 22 heavy (non-hydrogen) atoms. The topological polar surface area (TPSA) is 273 Å². The first kappa shape index (κ1) is 24.2. The van der Waals surface area contributed by atoms with Crippen LogP contribution in [0.25, 0.3) is 0 Å². The highest BCUT2D eigenvalue weighted by Crippen LogP contribution is 2.41. The second kappa shape index (κ2) is 8.73. The summed E-state index contributed by atoms with van der Waals surface area (Å²) >= 11 is 0. The summed E-state index contributed by atoms with van der Waals surface area (Å²) in [6, 6.07) is 0. The maximum Gasteiger partial charge on any atom is 0.472 e. The molecule has 16 heteroatoms. The zero-order valence-electron chi connectivity index (χ0n) is 11.1. The fourth-order valence-corrected chi connectivity index (χ4v) is 2.23. The summed E-state index contributed by atoms with van der Waals surface area (Å²) in [6.07, 6.45) is -9.32. The first-order valence-corrected chi connectivity index (χ1v) is 8.10. The number of hydrogen-bond donors (Lipinski definition) is 9. The van der Waals surface area contributed by atoms with Crippen molar-refractivity contribution in [2.45, 2.75) is 30.7 Å². The van der Waals surface area contributed by atoms with Gasteiger partial charge in [-0.2, -0.15) is 0 Å². The molecule has 0 aliphatic carbocycles. The van der Waals surface area contributed by atoms with Crippen molar-refractivity contribution in [2.24, 2.45) is 0 Å². The van der Waals surface area contributed by atoms with Crippen molar-refractivity contribution in [1.29, 1.82) is 0 Å². The second-order valence-electron chi connectivity index (χ2n) is 3.90. The summed E-state index contributed by atoms with van der Waals surface area (Å²) in [4.78, 5) is 34.1. The lowest BCUT2D eigenvalue weighted by Crippen LogP contribution is -2.59. The Bertz CT molecular complexity index is 422. The largest absolute Gasteiger partial charge is 0.472 e. The van der Waals surface area contributed by atoms with Gasteiger partial charge in [0, 0.05) is 0 Å². The standard InChI is InChI=1S/C6H14O12P2.2H3N/c7-3-2(1-16-19(10,11)12)17-6(5(9)4(3)8)18-20(13,14)15;;/h2-9H,1H2,(H2,10,11,12)(H2,13,14,15);2*1H3/t2-,3-,4+,5-,6-;;/m1../s1. The van der Waals surface area contributed by atoms with E-state index in [9.17, 15) is 24.4 Å². The highest BCUT2D eigenvalue weighted by Gasteiger charge is 2.47. The van der Waals surface area contributed by atoms with Crippen LogP contribution in [0, 0.1) is 0 Å². The molecule has 0 amide bonds. The molecule has 0 unspecified atom stereocenters. The Morgan fingerprint density at radius 2 is 1.36 bits per heavy atom. The summed E-state index contributed by atoms with van der Waals surface area (Å²) in [5.41, 5.74) is 0. The molecule has 0 aromatic heterocycles. The van der Waals surface area contributed by atoms with Gasteiger partial charge in [-0.3, -0.25) is 9.05 Å². The molecule has 1 fully saturated rings. The first-order chi connectivity index (χ1) is 8.91. The van der Waals surface area contributed by atoms with E-state index in [1.54, 1.807) is 0 Å². The van der Waals surface area contributed by atoms with Gasteiger partial charge < -0.3 is 51.9 Å². The zero-order valence-corrected chi connectivity index (χ0v) is 12.9. The van der Waals surface area contributed by atoms with Gasteiger partial charge in [-0.15, -0.1) is 0 Å². The van der Waals surface area contributed by atoms with E-state index in [1.165, 1.54) is 0 Å². The van der Waals surface area contributed by atoms with Crippen LogP contribution in [-0.4, -0.2) is 72.2 Å². The van der Waals surface area contributed by atoms with Crippen LogP contribution < -0.4 is 12.3 Å². The van der Waals surface area contributed by atoms with Crippen LogP contribution in [-0.2, 0) is 22.9 Å². The monoisotopic (exact) mass is 374 g/mol. The lowest BCUT2D eigenvalue weighted by atomic mass is 10.00. The van der Waals surface area contributed by atoms with Crippen LogP contribution in [0.3, 0.4) is 0 Å². The molecule has 1 rings (SSSR count). The number of phosphoric ester groups is 2. The third-order valence-corrected chi connectivity index (χ3v) is 3.28. The molecule has 0 spiro atoms. The Labute approximate surface area is 124 Å². The third kappa shape index (κ3) is 7.50. The number of aliphatic hydroxyl groups excluding tert-OH is 3. The summed E-state index contributed by atoms with van der Waals surface area (Å²) < 4.78 is 33.9. The molecule has 1 aliphatic heterocycles. The van der Waals surface area contributed by atoms with Gasteiger partial charge in [-0.25, -0.2) is 9.13 Å². The van der Waals surface area contributed by atoms with E-state index < -0.39 is 53.0 Å². The van der Waals surface area contributed by atoms with Crippen LogP contribution in [0.1, 0.15) is 0 Å². The predicted molar refractivity (Wildman–Crippen MR) is 67.9 cm³/mol. The quantitative estimate of drug-likeness (QED) is 0.222. The van der Waals surface area contributed by atoms with Crippen molar-refractivity contribution >= 4 is 15.6 Å². The Morgan fingerprint density at radius 3 is 1.77 bits per heavy atom. The van der Waals surface area contributed by atoms with Gasteiger partial charge in [0.25, 0.3) is 0 Å². The molecule has 1 aliphatic rings. The normalized spacial score (nSPS) is 32.8. The molecule has 1 saturated heterocycles. The summed E-state index contributed by atoms with van der Waals surface area (Å²) in [7, 11) is -9.95. The molecular weight excluding hydrogens is 354 g/mol. The van der Waals surface area contributed by atoms with E-state index in [1.807, 2.05) is 0 Å². The summed E-state index contributed by atoms with van der Waals surface area (Å²) in [5.74, 6) is 0. The molecule has 0 bridgehead atoms. The molecule has 136 valence electrons. The first-order valence-electron chi connectivity index (χ1n) is 5.04. The van der Waals surface area contributed by atoms with E-state index in [2.05, 4.69) is 9.05 Å². The van der Waals surface area contributed by atoms with Crippen molar-refractivity contribution in [3.63, 3.8) is 0 Å². The van der Waals surface area contributed by atoms with Crippen molar-refractivity contribution in [3.05, 3.63) is 0 Å². The van der Waals surface area contributed by atoms with Gasteiger partial charge in [-0.05, 0) is 0 Å². The predicted octanol–water partition coefficient (Wildman–Crippen LogP) is -2.66. The van der Waals surface area contributed by atoms with Crippen LogP contribution in [0.5, 0.6) is 0 Å². The number of hydrogen-bond acceptors (Lipinski definition) is 10. The maximum atomic E-state index is 10.6. The Balaban J connectivity index is 0. The Morgan fingerprint density at radius 1 is 0.864 bits per heavy atom. The van der Waals surface area contributed by atoms with Gasteiger partial charge in [0.15, 0.2) is 6.29 Å². The Hall–Kier alpha value is -0.0200. The molecule has 14 nitrogen and oxygen atoms in total. The molecule has 0 aromatic rings. The third-order valence-electron chi connectivity index (χ3n) is 2.32. The van der Waals surface area contributed by atoms with E-state index in [0.29, 0.717) is 0 Å². The second-order valence-corrected chi connectivity index (χ2v) is 6.33. The van der Waals surface area contributed by atoms with Gasteiger partial charge in [0.1, 0.15) is 24.4 Å². The van der Waals surface area contributed by atoms with Crippen LogP contribution in [0.2, 0.25) is 0 Å². The lowest BCUT2D eigenvalue weighted by molar-refractivity contribution is -0.279. The molecule has 0 aromatic carbocycles. The fraction of sp³-hybridized carbons (Fsp3) is 1.00. The molecule has 1 heterocycles. The SMILES string of the molecule is N.N.O=P(O)(O)OC[C@H]1O[C@H](OP(=O)(O)O)[C@H](O)[C@@H](O)[C@@H]1O. The lowest BCUT2D eigenvalue weighted by Gasteiger charge is -2.39. The molecule has 13 N–H and O–H groups in total. The minimum atomic E-state index is -5.07. The van der Waals surface area contributed by atoms with Crippen LogP contribution >= 0.6 is 15.6 Å². The van der Waals surface area contributed by atoms with Gasteiger partial charge >= 0.3 is 15.6 Å². The summed E-state index contributed by atoms with van der Waals surface area (Å²) in [5, 5.41) is 28.4. The molecule has 0 saturated carbocycles. The van der Waals surface area contributed by atoms with Crippen LogP contribution in [0.15, 0.2) is 0 Å². The molecule has 0 radical (unpaired) electrons.